The van der Waals surface area contributed by atoms with Gasteiger partial charge in [-0.25, -0.2) is 0 Å². The van der Waals surface area contributed by atoms with Crippen molar-refractivity contribution in [2.24, 2.45) is 5.92 Å². The topological polar surface area (TPSA) is 17.1 Å². The highest BCUT2D eigenvalue weighted by atomic mass is 35.5. The van der Waals surface area contributed by atoms with E-state index in [0.717, 1.165) is 12.8 Å². The van der Waals surface area contributed by atoms with Gasteiger partial charge in [-0.05, 0) is 30.0 Å². The van der Waals surface area contributed by atoms with Crippen molar-refractivity contribution < 1.29 is 4.79 Å². The molecule has 2 aliphatic carbocycles. The van der Waals surface area contributed by atoms with E-state index in [4.69, 9.17) is 23.2 Å². The Labute approximate surface area is 98.4 Å². The first-order valence-corrected chi connectivity index (χ1v) is 5.85. The zero-order valence-electron chi connectivity index (χ0n) is 8.09. The molecule has 0 amide bonds. The molecule has 2 aliphatic rings. The zero-order chi connectivity index (χ0) is 10.6. The Bertz CT molecular complexity index is 455. The highest BCUT2D eigenvalue weighted by molar-refractivity contribution is 6.42. The van der Waals surface area contributed by atoms with E-state index < -0.39 is 0 Å². The van der Waals surface area contributed by atoms with Gasteiger partial charge in [-0.2, -0.15) is 0 Å². The minimum absolute atomic E-state index is 0.116. The summed E-state index contributed by atoms with van der Waals surface area (Å²) in [7, 11) is 0. The fourth-order valence-electron chi connectivity index (χ4n) is 2.83. The SMILES string of the molecule is O=C1CC2C[C@@]2(c2ccc(Cl)c(Cl)c2)C1. The summed E-state index contributed by atoms with van der Waals surface area (Å²) in [5.74, 6) is 0.944. The molecular weight excluding hydrogens is 231 g/mol. The first-order chi connectivity index (χ1) is 7.12. The first kappa shape index (κ1) is 9.68. The quantitative estimate of drug-likeness (QED) is 0.733. The molecule has 1 aromatic carbocycles. The molecule has 0 radical (unpaired) electrons. The van der Waals surface area contributed by atoms with Gasteiger partial charge in [-0.15, -0.1) is 0 Å². The normalized spacial score (nSPS) is 32.9. The molecular formula is C12H10Cl2O. The summed E-state index contributed by atoms with van der Waals surface area (Å²) >= 11 is 11.9. The number of Topliss-reactive ketones (excluding diaryl/α,β-unsaturated/α-hetero) is 1. The van der Waals surface area contributed by atoms with Crippen molar-refractivity contribution in [3.8, 4) is 0 Å². The monoisotopic (exact) mass is 240 g/mol. The summed E-state index contributed by atoms with van der Waals surface area (Å²) in [6.07, 6.45) is 2.58. The maximum absolute atomic E-state index is 11.4. The molecule has 0 spiro atoms. The lowest BCUT2D eigenvalue weighted by Crippen LogP contribution is -2.07. The molecule has 0 saturated heterocycles. The molecule has 1 unspecified atom stereocenters. The molecule has 15 heavy (non-hydrogen) atoms. The lowest BCUT2D eigenvalue weighted by Gasteiger charge is -2.12. The molecule has 0 bridgehead atoms. The zero-order valence-corrected chi connectivity index (χ0v) is 9.61. The van der Waals surface area contributed by atoms with Gasteiger partial charge in [0.1, 0.15) is 5.78 Å². The summed E-state index contributed by atoms with van der Waals surface area (Å²) < 4.78 is 0. The van der Waals surface area contributed by atoms with Crippen LogP contribution in [0.5, 0.6) is 0 Å². The predicted octanol–water partition coefficient (Wildman–Crippen LogP) is 3.61. The highest BCUT2D eigenvalue weighted by Gasteiger charge is 2.60. The molecule has 3 heteroatoms. The number of hydrogen-bond acceptors (Lipinski definition) is 1. The fourth-order valence-corrected chi connectivity index (χ4v) is 3.12. The second-order valence-electron chi connectivity index (χ2n) is 4.61. The Morgan fingerprint density at radius 1 is 1.27 bits per heavy atom. The molecule has 0 N–H and O–H groups in total. The summed E-state index contributed by atoms with van der Waals surface area (Å²) in [5, 5.41) is 1.17. The third-order valence-corrected chi connectivity index (χ3v) is 4.45. The van der Waals surface area contributed by atoms with Gasteiger partial charge >= 0.3 is 0 Å². The van der Waals surface area contributed by atoms with E-state index in [9.17, 15) is 4.79 Å². The molecule has 2 fully saturated rings. The van der Waals surface area contributed by atoms with Crippen molar-refractivity contribution in [1.82, 2.24) is 0 Å². The van der Waals surface area contributed by atoms with Gasteiger partial charge in [0.05, 0.1) is 10.0 Å². The van der Waals surface area contributed by atoms with Crippen LogP contribution in [-0.2, 0) is 10.2 Å². The summed E-state index contributed by atoms with van der Waals surface area (Å²) in [6.45, 7) is 0. The Kier molecular flexibility index (Phi) is 1.93. The minimum atomic E-state index is 0.116. The van der Waals surface area contributed by atoms with E-state index in [1.807, 2.05) is 18.2 Å². The van der Waals surface area contributed by atoms with Crippen LogP contribution in [0, 0.1) is 5.92 Å². The minimum Gasteiger partial charge on any atom is -0.300 e. The van der Waals surface area contributed by atoms with Gasteiger partial charge in [0.25, 0.3) is 0 Å². The number of benzene rings is 1. The highest BCUT2D eigenvalue weighted by Crippen LogP contribution is 2.63. The van der Waals surface area contributed by atoms with Crippen LogP contribution in [0.15, 0.2) is 18.2 Å². The Morgan fingerprint density at radius 2 is 2.07 bits per heavy atom. The van der Waals surface area contributed by atoms with E-state index in [-0.39, 0.29) is 5.41 Å². The van der Waals surface area contributed by atoms with Crippen LogP contribution in [0.25, 0.3) is 0 Å². The molecule has 78 valence electrons. The number of halogens is 2. The van der Waals surface area contributed by atoms with Crippen LogP contribution in [0.3, 0.4) is 0 Å². The largest absolute Gasteiger partial charge is 0.300 e. The van der Waals surface area contributed by atoms with Crippen molar-refractivity contribution in [2.45, 2.75) is 24.7 Å². The van der Waals surface area contributed by atoms with Crippen LogP contribution in [0.1, 0.15) is 24.8 Å². The van der Waals surface area contributed by atoms with Crippen LogP contribution in [0.4, 0.5) is 0 Å². The van der Waals surface area contributed by atoms with E-state index in [1.165, 1.54) is 5.56 Å². The van der Waals surface area contributed by atoms with Gasteiger partial charge in [-0.1, -0.05) is 29.3 Å². The third kappa shape index (κ3) is 1.33. The number of rotatable bonds is 1. The molecule has 0 aromatic heterocycles. The van der Waals surface area contributed by atoms with E-state index in [2.05, 4.69) is 0 Å². The first-order valence-electron chi connectivity index (χ1n) is 5.09. The lowest BCUT2D eigenvalue weighted by molar-refractivity contribution is -0.118. The molecule has 0 aliphatic heterocycles. The smallest absolute Gasteiger partial charge is 0.134 e. The van der Waals surface area contributed by atoms with Crippen LogP contribution < -0.4 is 0 Å². The Morgan fingerprint density at radius 3 is 2.67 bits per heavy atom. The van der Waals surface area contributed by atoms with Crippen molar-refractivity contribution >= 4 is 29.0 Å². The van der Waals surface area contributed by atoms with E-state index in [1.54, 1.807) is 0 Å². The van der Waals surface area contributed by atoms with Gasteiger partial charge < -0.3 is 0 Å². The molecule has 3 rings (SSSR count). The number of carbonyl (C=O) groups is 1. The van der Waals surface area contributed by atoms with Crippen molar-refractivity contribution in [1.29, 1.82) is 0 Å². The molecule has 2 saturated carbocycles. The lowest BCUT2D eigenvalue weighted by atomic mass is 9.93. The van der Waals surface area contributed by atoms with E-state index in [0.29, 0.717) is 28.2 Å². The van der Waals surface area contributed by atoms with Gasteiger partial charge in [0, 0.05) is 18.3 Å². The number of hydrogen-bond donors (Lipinski definition) is 0. The molecule has 1 aromatic rings. The average molecular weight is 241 g/mol. The number of fused-ring (bicyclic) bond motifs is 1. The standard InChI is InChI=1S/C12H10Cl2O/c13-10-2-1-7(4-11(10)14)12-5-8(12)3-9(15)6-12/h1-2,4,8H,3,5-6H2/t8?,12-/m0/s1. The van der Waals surface area contributed by atoms with Crippen molar-refractivity contribution in [2.75, 3.05) is 0 Å². The molecule has 2 atom stereocenters. The average Bonchev–Trinajstić information content (AvgIpc) is 2.75. The number of carbonyl (C=O) groups excluding carboxylic acids is 1. The van der Waals surface area contributed by atoms with Crippen LogP contribution in [-0.4, -0.2) is 5.78 Å². The van der Waals surface area contributed by atoms with Crippen molar-refractivity contribution in [3.63, 3.8) is 0 Å². The molecule has 1 nitrogen and oxygen atoms in total. The third-order valence-electron chi connectivity index (χ3n) is 3.71. The maximum atomic E-state index is 11.4. The Balaban J connectivity index is 2.01. The molecule has 0 heterocycles. The second kappa shape index (κ2) is 2.99. The number of ketones is 1. The maximum Gasteiger partial charge on any atom is 0.134 e. The van der Waals surface area contributed by atoms with Gasteiger partial charge in [0.15, 0.2) is 0 Å². The van der Waals surface area contributed by atoms with Crippen LogP contribution >= 0.6 is 23.2 Å². The summed E-state index contributed by atoms with van der Waals surface area (Å²) in [5.41, 5.74) is 1.30. The van der Waals surface area contributed by atoms with E-state index >= 15 is 0 Å². The van der Waals surface area contributed by atoms with Crippen molar-refractivity contribution in [3.05, 3.63) is 33.8 Å². The van der Waals surface area contributed by atoms with Gasteiger partial charge in [-0.3, -0.25) is 4.79 Å². The van der Waals surface area contributed by atoms with Crippen LogP contribution in [0.2, 0.25) is 10.0 Å². The summed E-state index contributed by atoms with van der Waals surface area (Å²) in [6, 6.07) is 5.75. The predicted molar refractivity (Wildman–Crippen MR) is 60.5 cm³/mol. The van der Waals surface area contributed by atoms with Gasteiger partial charge in [0.2, 0.25) is 0 Å². The Hall–Kier alpha value is -0.530. The fraction of sp³-hybridized carbons (Fsp3) is 0.417. The summed E-state index contributed by atoms with van der Waals surface area (Å²) in [4.78, 5) is 11.4. The second-order valence-corrected chi connectivity index (χ2v) is 5.42.